The third-order valence-corrected chi connectivity index (χ3v) is 5.81. The van der Waals surface area contributed by atoms with Gasteiger partial charge in [-0.15, -0.1) is 0 Å². The van der Waals surface area contributed by atoms with Gasteiger partial charge in [-0.25, -0.2) is 0 Å². The number of ether oxygens (including phenoxy) is 1. The van der Waals surface area contributed by atoms with Gasteiger partial charge in [-0.1, -0.05) is 44.4 Å². The first-order chi connectivity index (χ1) is 12.2. The Kier molecular flexibility index (Phi) is 8.80. The Morgan fingerprint density at radius 1 is 1.08 bits per heavy atom. The lowest BCUT2D eigenvalue weighted by molar-refractivity contribution is -0.157. The zero-order valence-electron chi connectivity index (χ0n) is 15.7. The molecule has 0 amide bonds. The van der Waals surface area contributed by atoms with Crippen LogP contribution in [0.25, 0.3) is 0 Å². The van der Waals surface area contributed by atoms with E-state index in [0.717, 1.165) is 44.4 Å². The van der Waals surface area contributed by atoms with E-state index in [1.165, 1.54) is 38.2 Å². The number of esters is 1. The SMILES string of the molecule is CCCC[C@H]1CC[C@H](C(=O)O[C@H]2CC[C@H](C=CC=CC#N)CC2)CC1. The molecule has 0 aliphatic heterocycles. The highest BCUT2D eigenvalue weighted by atomic mass is 16.5. The number of allylic oxidation sites excluding steroid dienone is 4. The van der Waals surface area contributed by atoms with Crippen LogP contribution in [-0.2, 0) is 9.53 Å². The van der Waals surface area contributed by atoms with Crippen molar-refractivity contribution in [1.29, 1.82) is 5.26 Å². The van der Waals surface area contributed by atoms with Crippen molar-refractivity contribution in [1.82, 2.24) is 0 Å². The maximum Gasteiger partial charge on any atom is 0.309 e. The first-order valence-corrected chi connectivity index (χ1v) is 10.2. The fourth-order valence-corrected chi connectivity index (χ4v) is 4.16. The van der Waals surface area contributed by atoms with Crippen LogP contribution in [-0.4, -0.2) is 12.1 Å². The van der Waals surface area contributed by atoms with Crippen molar-refractivity contribution in [3.05, 3.63) is 24.3 Å². The molecule has 0 aromatic carbocycles. The predicted molar refractivity (Wildman–Crippen MR) is 101 cm³/mol. The van der Waals surface area contributed by atoms with E-state index in [0.29, 0.717) is 5.92 Å². The Balaban J connectivity index is 1.65. The molecule has 0 saturated heterocycles. The molecule has 2 aliphatic rings. The van der Waals surface area contributed by atoms with Gasteiger partial charge in [-0.05, 0) is 63.2 Å². The molecular formula is C22H33NO2. The summed E-state index contributed by atoms with van der Waals surface area (Å²) in [5, 5.41) is 8.46. The molecule has 2 rings (SSSR count). The van der Waals surface area contributed by atoms with Crippen molar-refractivity contribution in [2.75, 3.05) is 0 Å². The zero-order chi connectivity index (χ0) is 17.9. The number of nitrogens with zero attached hydrogens (tertiary/aromatic N) is 1. The van der Waals surface area contributed by atoms with E-state index >= 15 is 0 Å². The lowest BCUT2D eigenvalue weighted by Crippen LogP contribution is -2.29. The molecule has 0 bridgehead atoms. The zero-order valence-corrected chi connectivity index (χ0v) is 15.7. The smallest absolute Gasteiger partial charge is 0.309 e. The first-order valence-electron chi connectivity index (χ1n) is 10.2. The Morgan fingerprint density at radius 2 is 1.80 bits per heavy atom. The predicted octanol–water partition coefficient (Wildman–Crippen LogP) is 5.72. The maximum atomic E-state index is 12.4. The number of carbonyl (C=O) groups is 1. The summed E-state index contributed by atoms with van der Waals surface area (Å²) >= 11 is 0. The van der Waals surface area contributed by atoms with Gasteiger partial charge in [0.2, 0.25) is 0 Å². The van der Waals surface area contributed by atoms with Crippen LogP contribution in [0.1, 0.15) is 77.6 Å². The molecule has 0 atom stereocenters. The molecule has 2 fully saturated rings. The lowest BCUT2D eigenvalue weighted by Gasteiger charge is -2.31. The second-order valence-corrected chi connectivity index (χ2v) is 7.71. The molecule has 3 nitrogen and oxygen atoms in total. The van der Waals surface area contributed by atoms with Gasteiger partial charge < -0.3 is 4.74 Å². The van der Waals surface area contributed by atoms with Gasteiger partial charge in [0.1, 0.15) is 6.10 Å². The Hall–Kier alpha value is -1.56. The Morgan fingerprint density at radius 3 is 2.44 bits per heavy atom. The summed E-state index contributed by atoms with van der Waals surface area (Å²) < 4.78 is 5.82. The molecule has 0 aromatic rings. The third-order valence-electron chi connectivity index (χ3n) is 5.81. The average molecular weight is 344 g/mol. The molecule has 0 aromatic heterocycles. The van der Waals surface area contributed by atoms with Crippen molar-refractivity contribution < 1.29 is 9.53 Å². The minimum absolute atomic E-state index is 0.0601. The van der Waals surface area contributed by atoms with Gasteiger partial charge in [0, 0.05) is 6.08 Å². The van der Waals surface area contributed by atoms with Crippen LogP contribution >= 0.6 is 0 Å². The summed E-state index contributed by atoms with van der Waals surface area (Å²) in [6.45, 7) is 2.25. The van der Waals surface area contributed by atoms with Crippen LogP contribution in [0, 0.1) is 29.1 Å². The molecular weight excluding hydrogens is 310 g/mol. The van der Waals surface area contributed by atoms with Crippen LogP contribution in [0.15, 0.2) is 24.3 Å². The van der Waals surface area contributed by atoms with Gasteiger partial charge in [0.15, 0.2) is 0 Å². The molecule has 2 saturated carbocycles. The molecule has 0 spiro atoms. The summed E-state index contributed by atoms with van der Waals surface area (Å²) in [5.74, 6) is 1.59. The molecule has 0 radical (unpaired) electrons. The second-order valence-electron chi connectivity index (χ2n) is 7.71. The Bertz CT molecular complexity index is 487. The van der Waals surface area contributed by atoms with E-state index in [1.807, 2.05) is 12.1 Å². The fraction of sp³-hybridized carbons (Fsp3) is 0.727. The summed E-state index contributed by atoms with van der Waals surface area (Å²) in [7, 11) is 0. The van der Waals surface area contributed by atoms with E-state index in [1.54, 1.807) is 6.08 Å². The second kappa shape index (κ2) is 11.1. The number of rotatable bonds is 7. The van der Waals surface area contributed by atoms with E-state index in [4.69, 9.17) is 10.00 Å². The van der Waals surface area contributed by atoms with Crippen molar-refractivity contribution >= 4 is 5.97 Å². The average Bonchev–Trinajstić information content (AvgIpc) is 2.65. The summed E-state index contributed by atoms with van der Waals surface area (Å²) in [6.07, 6.45) is 20.0. The number of hydrogen-bond donors (Lipinski definition) is 0. The number of nitriles is 1. The van der Waals surface area contributed by atoms with Crippen molar-refractivity contribution in [2.45, 2.75) is 83.7 Å². The highest BCUT2D eigenvalue weighted by Gasteiger charge is 2.30. The standard InChI is InChI=1S/C22H33NO2/c1-2-3-7-18-9-13-20(14-10-18)22(24)25-21-15-11-19(12-16-21)8-5-4-6-17-23/h4-6,8,18-21H,2-3,7,9-16H2,1H3/t18-,19-,20-,21-. The van der Waals surface area contributed by atoms with Crippen molar-refractivity contribution in [3.8, 4) is 6.07 Å². The number of unbranched alkanes of at least 4 members (excludes halogenated alkanes) is 1. The van der Waals surface area contributed by atoms with E-state index in [9.17, 15) is 4.79 Å². The normalized spacial score (nSPS) is 30.4. The summed E-state index contributed by atoms with van der Waals surface area (Å²) in [5.41, 5.74) is 0. The van der Waals surface area contributed by atoms with Gasteiger partial charge in [0.05, 0.1) is 12.0 Å². The Labute approximate surface area is 153 Å². The number of hydrogen-bond acceptors (Lipinski definition) is 3. The lowest BCUT2D eigenvalue weighted by atomic mass is 9.80. The maximum absolute atomic E-state index is 12.4. The molecule has 0 heterocycles. The summed E-state index contributed by atoms with van der Waals surface area (Å²) in [4.78, 5) is 12.4. The quantitative estimate of drug-likeness (QED) is 0.337. The van der Waals surface area contributed by atoms with Crippen LogP contribution < -0.4 is 0 Å². The van der Waals surface area contributed by atoms with Gasteiger partial charge in [0.25, 0.3) is 0 Å². The van der Waals surface area contributed by atoms with Gasteiger partial charge >= 0.3 is 5.97 Å². The highest BCUT2D eigenvalue weighted by molar-refractivity contribution is 5.72. The molecule has 25 heavy (non-hydrogen) atoms. The first kappa shape index (κ1) is 19.8. The molecule has 138 valence electrons. The van der Waals surface area contributed by atoms with Crippen molar-refractivity contribution in [2.24, 2.45) is 17.8 Å². The number of carbonyl (C=O) groups excluding carboxylic acids is 1. The minimum Gasteiger partial charge on any atom is -0.462 e. The topological polar surface area (TPSA) is 50.1 Å². The summed E-state index contributed by atoms with van der Waals surface area (Å²) in [6, 6.07) is 1.99. The van der Waals surface area contributed by atoms with Crippen LogP contribution in [0.4, 0.5) is 0 Å². The van der Waals surface area contributed by atoms with Gasteiger partial charge in [-0.3, -0.25) is 4.79 Å². The van der Waals surface area contributed by atoms with Crippen LogP contribution in [0.2, 0.25) is 0 Å². The van der Waals surface area contributed by atoms with Crippen LogP contribution in [0.3, 0.4) is 0 Å². The largest absolute Gasteiger partial charge is 0.462 e. The van der Waals surface area contributed by atoms with Gasteiger partial charge in [-0.2, -0.15) is 5.26 Å². The third kappa shape index (κ3) is 7.06. The molecule has 3 heteroatoms. The van der Waals surface area contributed by atoms with E-state index in [-0.39, 0.29) is 18.0 Å². The monoisotopic (exact) mass is 343 g/mol. The molecule has 0 unspecified atom stereocenters. The minimum atomic E-state index is 0.0601. The van der Waals surface area contributed by atoms with Crippen molar-refractivity contribution in [3.63, 3.8) is 0 Å². The fourth-order valence-electron chi connectivity index (χ4n) is 4.16. The molecule has 0 N–H and O–H groups in total. The highest BCUT2D eigenvalue weighted by Crippen LogP contribution is 2.34. The van der Waals surface area contributed by atoms with E-state index in [2.05, 4.69) is 13.0 Å². The van der Waals surface area contributed by atoms with E-state index < -0.39 is 0 Å². The molecule has 2 aliphatic carbocycles. The van der Waals surface area contributed by atoms with Crippen LogP contribution in [0.5, 0.6) is 0 Å².